The van der Waals surface area contributed by atoms with E-state index >= 15 is 0 Å². The summed E-state index contributed by atoms with van der Waals surface area (Å²) in [6, 6.07) is 15.5. The topological polar surface area (TPSA) is 81.6 Å². The summed E-state index contributed by atoms with van der Waals surface area (Å²) in [6.07, 6.45) is 4.31. The Balaban J connectivity index is 1.59. The second kappa shape index (κ2) is 8.10. The lowest BCUT2D eigenvalue weighted by molar-refractivity contribution is -0.121. The summed E-state index contributed by atoms with van der Waals surface area (Å²) >= 11 is 0. The smallest absolute Gasteiger partial charge is 0.359 e. The average Bonchev–Trinajstić information content (AvgIpc) is 2.94. The van der Waals surface area contributed by atoms with Crippen molar-refractivity contribution in [2.45, 2.75) is 12.8 Å². The SMILES string of the molecule is COc1cncc(C(=O)OCC(=O)N2c3ccccc3CCc3ccccc32)n1. The first kappa shape index (κ1) is 18.6. The monoisotopic (exact) mass is 389 g/mol. The van der Waals surface area contributed by atoms with E-state index in [2.05, 4.69) is 9.97 Å². The molecule has 0 N–H and O–H groups in total. The number of fused-ring (bicyclic) bond motifs is 2. The van der Waals surface area contributed by atoms with Crippen molar-refractivity contribution < 1.29 is 19.1 Å². The number of aryl methyl sites for hydroxylation is 2. The number of nitrogens with zero attached hydrogens (tertiary/aromatic N) is 3. The molecule has 0 radical (unpaired) electrons. The largest absolute Gasteiger partial charge is 0.480 e. The van der Waals surface area contributed by atoms with Crippen LogP contribution in [0.3, 0.4) is 0 Å². The minimum Gasteiger partial charge on any atom is -0.480 e. The van der Waals surface area contributed by atoms with E-state index in [1.165, 1.54) is 19.5 Å². The molecule has 29 heavy (non-hydrogen) atoms. The predicted octanol–water partition coefficient (Wildman–Crippen LogP) is 3.11. The van der Waals surface area contributed by atoms with Crippen molar-refractivity contribution in [1.82, 2.24) is 9.97 Å². The highest BCUT2D eigenvalue weighted by Crippen LogP contribution is 2.35. The molecule has 146 valence electrons. The molecule has 0 saturated carbocycles. The van der Waals surface area contributed by atoms with Gasteiger partial charge in [-0.3, -0.25) is 14.7 Å². The lowest BCUT2D eigenvalue weighted by Crippen LogP contribution is -2.31. The Morgan fingerprint density at radius 1 is 0.966 bits per heavy atom. The molecule has 2 aromatic carbocycles. The number of aromatic nitrogens is 2. The number of rotatable bonds is 4. The van der Waals surface area contributed by atoms with Crippen molar-refractivity contribution in [2.24, 2.45) is 0 Å². The standard InChI is InChI=1S/C22H19N3O4/c1-28-20-13-23-12-17(24-20)22(27)29-14-21(26)25-18-8-4-2-6-15(18)10-11-16-7-3-5-9-19(16)25/h2-9,12-13H,10-11,14H2,1H3. The molecule has 2 heterocycles. The number of esters is 1. The molecular weight excluding hydrogens is 370 g/mol. The van der Waals surface area contributed by atoms with Gasteiger partial charge in [-0.05, 0) is 36.1 Å². The van der Waals surface area contributed by atoms with Gasteiger partial charge in [-0.1, -0.05) is 36.4 Å². The summed E-state index contributed by atoms with van der Waals surface area (Å²) < 4.78 is 10.2. The Morgan fingerprint density at radius 3 is 2.21 bits per heavy atom. The van der Waals surface area contributed by atoms with Gasteiger partial charge in [-0.15, -0.1) is 0 Å². The summed E-state index contributed by atoms with van der Waals surface area (Å²) in [7, 11) is 1.43. The molecule has 3 aromatic rings. The fourth-order valence-corrected chi connectivity index (χ4v) is 3.36. The van der Waals surface area contributed by atoms with Crippen LogP contribution < -0.4 is 9.64 Å². The number of benzene rings is 2. The van der Waals surface area contributed by atoms with Crippen molar-refractivity contribution in [3.05, 3.63) is 77.7 Å². The maximum atomic E-state index is 13.1. The number of carbonyl (C=O) groups is 2. The molecule has 0 fully saturated rings. The van der Waals surface area contributed by atoms with E-state index in [1.54, 1.807) is 4.90 Å². The van der Waals surface area contributed by atoms with E-state index < -0.39 is 12.6 Å². The fourth-order valence-electron chi connectivity index (χ4n) is 3.36. The summed E-state index contributed by atoms with van der Waals surface area (Å²) in [6.45, 7) is -0.416. The van der Waals surface area contributed by atoms with Crippen molar-refractivity contribution in [1.29, 1.82) is 0 Å². The van der Waals surface area contributed by atoms with Crippen molar-refractivity contribution in [2.75, 3.05) is 18.6 Å². The molecule has 0 unspecified atom stereocenters. The number of anilines is 2. The van der Waals surface area contributed by atoms with Gasteiger partial charge in [-0.2, -0.15) is 0 Å². The van der Waals surface area contributed by atoms with Crippen LogP contribution in [0.15, 0.2) is 60.9 Å². The minimum atomic E-state index is -0.735. The van der Waals surface area contributed by atoms with Crippen molar-refractivity contribution in [3.8, 4) is 5.88 Å². The van der Waals surface area contributed by atoms with Gasteiger partial charge in [0.1, 0.15) is 0 Å². The van der Waals surface area contributed by atoms with Crippen LogP contribution in [0, 0.1) is 0 Å². The van der Waals surface area contributed by atoms with Crippen LogP contribution in [0.5, 0.6) is 5.88 Å². The zero-order valence-corrected chi connectivity index (χ0v) is 15.9. The van der Waals surface area contributed by atoms with Gasteiger partial charge >= 0.3 is 5.97 Å². The zero-order valence-electron chi connectivity index (χ0n) is 15.9. The van der Waals surface area contributed by atoms with E-state index in [4.69, 9.17) is 9.47 Å². The number of methoxy groups -OCH3 is 1. The van der Waals surface area contributed by atoms with Gasteiger partial charge in [0.25, 0.3) is 5.91 Å². The highest BCUT2D eigenvalue weighted by molar-refractivity contribution is 6.04. The maximum absolute atomic E-state index is 13.1. The number of hydrogen-bond donors (Lipinski definition) is 0. The molecule has 0 aliphatic carbocycles. The molecule has 7 nitrogen and oxygen atoms in total. The fraction of sp³-hybridized carbons (Fsp3) is 0.182. The number of amides is 1. The third kappa shape index (κ3) is 3.80. The van der Waals surface area contributed by atoms with Crippen molar-refractivity contribution >= 4 is 23.3 Å². The molecule has 0 saturated heterocycles. The first-order chi connectivity index (χ1) is 14.2. The summed E-state index contributed by atoms with van der Waals surface area (Å²) in [5.41, 5.74) is 3.73. The van der Waals surface area contributed by atoms with Crippen molar-refractivity contribution in [3.63, 3.8) is 0 Å². The van der Waals surface area contributed by atoms with Gasteiger partial charge in [0.2, 0.25) is 5.88 Å². The third-order valence-corrected chi connectivity index (χ3v) is 4.74. The van der Waals surface area contributed by atoms with Crippen LogP contribution in [-0.4, -0.2) is 35.6 Å². The van der Waals surface area contributed by atoms with Gasteiger partial charge < -0.3 is 9.47 Å². The Kier molecular flexibility index (Phi) is 5.20. The normalized spacial score (nSPS) is 12.4. The summed E-state index contributed by atoms with van der Waals surface area (Å²) in [5.74, 6) is -0.877. The van der Waals surface area contributed by atoms with Gasteiger partial charge in [0.15, 0.2) is 12.3 Å². The van der Waals surface area contributed by atoms with Crippen LogP contribution >= 0.6 is 0 Å². The van der Waals surface area contributed by atoms with Crippen LogP contribution in [0.25, 0.3) is 0 Å². The van der Waals surface area contributed by atoms with Crippen LogP contribution in [-0.2, 0) is 22.4 Å². The number of ether oxygens (including phenoxy) is 2. The molecule has 1 aliphatic heterocycles. The third-order valence-electron chi connectivity index (χ3n) is 4.74. The average molecular weight is 389 g/mol. The van der Waals surface area contributed by atoms with E-state index in [-0.39, 0.29) is 17.5 Å². The number of carbonyl (C=O) groups excluding carboxylic acids is 2. The summed E-state index contributed by atoms with van der Waals surface area (Å²) in [4.78, 5) is 34.9. The Labute approximate surface area is 167 Å². The maximum Gasteiger partial charge on any atom is 0.359 e. The molecule has 0 spiro atoms. The molecule has 0 bridgehead atoms. The Morgan fingerprint density at radius 2 is 1.59 bits per heavy atom. The second-order valence-corrected chi connectivity index (χ2v) is 6.51. The van der Waals surface area contributed by atoms with E-state index in [1.807, 2.05) is 48.5 Å². The quantitative estimate of drug-likeness (QED) is 0.638. The van der Waals surface area contributed by atoms with E-state index in [0.717, 1.165) is 35.3 Å². The second-order valence-electron chi connectivity index (χ2n) is 6.51. The lowest BCUT2D eigenvalue weighted by atomic mass is 10.0. The first-order valence-electron chi connectivity index (χ1n) is 9.19. The predicted molar refractivity (Wildman–Crippen MR) is 106 cm³/mol. The Bertz CT molecular complexity index is 1020. The summed E-state index contributed by atoms with van der Waals surface area (Å²) in [5, 5.41) is 0. The lowest BCUT2D eigenvalue weighted by Gasteiger charge is -2.24. The van der Waals surface area contributed by atoms with Crippen LogP contribution in [0.2, 0.25) is 0 Å². The van der Waals surface area contributed by atoms with Gasteiger partial charge in [-0.25, -0.2) is 9.78 Å². The molecule has 0 atom stereocenters. The highest BCUT2D eigenvalue weighted by Gasteiger charge is 2.26. The van der Waals surface area contributed by atoms with E-state index in [9.17, 15) is 9.59 Å². The molecule has 1 aromatic heterocycles. The minimum absolute atomic E-state index is 0.0196. The van der Waals surface area contributed by atoms with Gasteiger partial charge in [0, 0.05) is 0 Å². The molecular formula is C22H19N3O4. The number of hydrogen-bond acceptors (Lipinski definition) is 6. The molecule has 4 rings (SSSR count). The highest BCUT2D eigenvalue weighted by atomic mass is 16.5. The van der Waals surface area contributed by atoms with Crippen LogP contribution in [0.1, 0.15) is 21.6 Å². The van der Waals surface area contributed by atoms with E-state index in [0.29, 0.717) is 0 Å². The molecule has 1 amide bonds. The molecule has 7 heteroatoms. The zero-order chi connectivity index (χ0) is 20.2. The Hall–Kier alpha value is -3.74. The van der Waals surface area contributed by atoms with Gasteiger partial charge in [0.05, 0.1) is 30.9 Å². The number of para-hydroxylation sites is 2. The van der Waals surface area contributed by atoms with Crippen LogP contribution in [0.4, 0.5) is 11.4 Å². The first-order valence-corrected chi connectivity index (χ1v) is 9.19. The molecule has 1 aliphatic rings.